The lowest BCUT2D eigenvalue weighted by molar-refractivity contribution is -0.143. The van der Waals surface area contributed by atoms with Gasteiger partial charge in [0.25, 0.3) is 0 Å². The van der Waals surface area contributed by atoms with Crippen LogP contribution in [0.1, 0.15) is 25.3 Å². The second kappa shape index (κ2) is 6.28. The number of esters is 1. The summed E-state index contributed by atoms with van der Waals surface area (Å²) in [6.07, 6.45) is 2.32. The van der Waals surface area contributed by atoms with Gasteiger partial charge < -0.3 is 4.74 Å². The van der Waals surface area contributed by atoms with Crippen LogP contribution in [0.3, 0.4) is 0 Å². The summed E-state index contributed by atoms with van der Waals surface area (Å²) in [7, 11) is 2.07. The SMILES string of the molecule is Bc1ccc(CCCC(=O)OCC)cc1. The third-order valence-electron chi connectivity index (χ3n) is 2.27. The number of rotatable bonds is 5. The minimum absolute atomic E-state index is 0.0930. The van der Waals surface area contributed by atoms with E-state index in [1.165, 1.54) is 11.0 Å². The number of hydrogen-bond donors (Lipinski definition) is 0. The minimum atomic E-state index is -0.0930. The monoisotopic (exact) mass is 204 g/mol. The van der Waals surface area contributed by atoms with Gasteiger partial charge in [-0.1, -0.05) is 29.7 Å². The highest BCUT2D eigenvalue weighted by Gasteiger charge is 2.01. The van der Waals surface area contributed by atoms with E-state index in [0.29, 0.717) is 13.0 Å². The van der Waals surface area contributed by atoms with E-state index in [1.54, 1.807) is 0 Å². The molecule has 0 amide bonds. The van der Waals surface area contributed by atoms with E-state index in [1.807, 2.05) is 6.92 Å². The Bertz CT molecular complexity index is 306. The van der Waals surface area contributed by atoms with E-state index in [4.69, 9.17) is 4.74 Å². The first-order valence-electron chi connectivity index (χ1n) is 5.43. The zero-order valence-electron chi connectivity index (χ0n) is 9.45. The predicted octanol–water partition coefficient (Wildman–Crippen LogP) is 0.831. The van der Waals surface area contributed by atoms with Gasteiger partial charge in [0.05, 0.1) is 6.61 Å². The number of carbonyl (C=O) groups is 1. The lowest BCUT2D eigenvalue weighted by atomic mass is 9.94. The average molecular weight is 204 g/mol. The van der Waals surface area contributed by atoms with Gasteiger partial charge in [-0.25, -0.2) is 0 Å². The van der Waals surface area contributed by atoms with E-state index in [-0.39, 0.29) is 5.97 Å². The van der Waals surface area contributed by atoms with Crippen LogP contribution < -0.4 is 5.46 Å². The molecule has 0 radical (unpaired) electrons. The van der Waals surface area contributed by atoms with Crippen molar-refractivity contribution in [3.63, 3.8) is 0 Å². The lowest BCUT2D eigenvalue weighted by Gasteiger charge is -2.02. The number of ether oxygens (including phenoxy) is 1. The van der Waals surface area contributed by atoms with Crippen molar-refractivity contribution in [2.75, 3.05) is 6.61 Å². The molecule has 0 aliphatic heterocycles. The Labute approximate surface area is 92.0 Å². The second-order valence-corrected chi connectivity index (χ2v) is 3.64. The van der Waals surface area contributed by atoms with E-state index >= 15 is 0 Å². The van der Waals surface area contributed by atoms with Crippen LogP contribution in [0, 0.1) is 0 Å². The Balaban J connectivity index is 2.26. The molecule has 0 saturated heterocycles. The molecule has 0 bridgehead atoms. The number of aryl methyl sites for hydroxylation is 1. The highest BCUT2D eigenvalue weighted by atomic mass is 16.5. The Morgan fingerprint density at radius 1 is 1.33 bits per heavy atom. The highest BCUT2D eigenvalue weighted by molar-refractivity contribution is 6.32. The Hall–Kier alpha value is -1.25. The second-order valence-electron chi connectivity index (χ2n) is 3.64. The molecule has 0 aromatic heterocycles. The van der Waals surface area contributed by atoms with Crippen molar-refractivity contribution >= 4 is 19.3 Å². The molecule has 15 heavy (non-hydrogen) atoms. The van der Waals surface area contributed by atoms with Gasteiger partial charge in [-0.05, 0) is 25.3 Å². The first kappa shape index (κ1) is 11.8. The van der Waals surface area contributed by atoms with Gasteiger partial charge in [-0.15, -0.1) is 0 Å². The summed E-state index contributed by atoms with van der Waals surface area (Å²) >= 11 is 0. The minimum Gasteiger partial charge on any atom is -0.466 e. The molecule has 0 aliphatic rings. The summed E-state index contributed by atoms with van der Waals surface area (Å²) < 4.78 is 4.86. The number of carbonyl (C=O) groups excluding carboxylic acids is 1. The molecule has 0 heterocycles. The first-order chi connectivity index (χ1) is 7.22. The zero-order valence-corrected chi connectivity index (χ0v) is 9.45. The molecule has 1 aromatic rings. The topological polar surface area (TPSA) is 26.3 Å². The largest absolute Gasteiger partial charge is 0.466 e. The standard InChI is InChI=1S/C12H17BO2/c1-2-15-12(14)5-3-4-10-6-8-11(13)9-7-10/h6-9H,2-5,13H2,1H3. The van der Waals surface area contributed by atoms with Crippen LogP contribution >= 0.6 is 0 Å². The Morgan fingerprint density at radius 2 is 2.00 bits per heavy atom. The van der Waals surface area contributed by atoms with E-state index in [2.05, 4.69) is 32.1 Å². The van der Waals surface area contributed by atoms with Crippen LogP contribution in [-0.2, 0) is 16.0 Å². The van der Waals surface area contributed by atoms with Crippen LogP contribution in [0.4, 0.5) is 0 Å². The molecule has 1 aromatic carbocycles. The summed E-state index contributed by atoms with van der Waals surface area (Å²) in [6.45, 7) is 2.31. The van der Waals surface area contributed by atoms with E-state index < -0.39 is 0 Å². The molecule has 0 saturated carbocycles. The fourth-order valence-electron chi connectivity index (χ4n) is 1.42. The summed E-state index contributed by atoms with van der Waals surface area (Å²) in [6, 6.07) is 8.42. The van der Waals surface area contributed by atoms with Gasteiger partial charge in [0.15, 0.2) is 0 Å². The summed E-state index contributed by atoms with van der Waals surface area (Å²) in [5.74, 6) is -0.0930. The van der Waals surface area contributed by atoms with Crippen molar-refractivity contribution in [2.24, 2.45) is 0 Å². The van der Waals surface area contributed by atoms with Crippen molar-refractivity contribution in [2.45, 2.75) is 26.2 Å². The lowest BCUT2D eigenvalue weighted by Crippen LogP contribution is -2.04. The fraction of sp³-hybridized carbons (Fsp3) is 0.417. The van der Waals surface area contributed by atoms with Crippen molar-refractivity contribution in [3.05, 3.63) is 29.8 Å². The van der Waals surface area contributed by atoms with Gasteiger partial charge >= 0.3 is 5.97 Å². The molecule has 0 spiro atoms. The van der Waals surface area contributed by atoms with Gasteiger partial charge in [-0.3, -0.25) is 4.79 Å². The molecule has 0 N–H and O–H groups in total. The number of benzene rings is 1. The molecule has 0 atom stereocenters. The van der Waals surface area contributed by atoms with Gasteiger partial charge in [0.1, 0.15) is 7.85 Å². The molecule has 80 valence electrons. The molecule has 0 aliphatic carbocycles. The van der Waals surface area contributed by atoms with E-state index in [9.17, 15) is 4.79 Å². The summed E-state index contributed by atoms with van der Waals surface area (Å²) in [4.78, 5) is 11.1. The van der Waals surface area contributed by atoms with Crippen molar-refractivity contribution in [3.8, 4) is 0 Å². The van der Waals surface area contributed by atoms with Crippen LogP contribution in [-0.4, -0.2) is 20.4 Å². The van der Waals surface area contributed by atoms with E-state index in [0.717, 1.165) is 12.8 Å². The maximum atomic E-state index is 11.1. The van der Waals surface area contributed by atoms with Gasteiger partial charge in [0.2, 0.25) is 0 Å². The third kappa shape index (κ3) is 4.68. The smallest absolute Gasteiger partial charge is 0.305 e. The van der Waals surface area contributed by atoms with Crippen molar-refractivity contribution in [1.82, 2.24) is 0 Å². The predicted molar refractivity (Wildman–Crippen MR) is 64.2 cm³/mol. The summed E-state index contributed by atoms with van der Waals surface area (Å²) in [5, 5.41) is 0. The molecule has 2 nitrogen and oxygen atoms in total. The van der Waals surface area contributed by atoms with Crippen LogP contribution in [0.15, 0.2) is 24.3 Å². The number of hydrogen-bond acceptors (Lipinski definition) is 2. The first-order valence-corrected chi connectivity index (χ1v) is 5.43. The molecule has 1 rings (SSSR count). The Morgan fingerprint density at radius 3 is 2.60 bits per heavy atom. The fourth-order valence-corrected chi connectivity index (χ4v) is 1.42. The molecule has 0 fully saturated rings. The van der Waals surface area contributed by atoms with Crippen LogP contribution in [0.5, 0.6) is 0 Å². The van der Waals surface area contributed by atoms with Gasteiger partial charge in [0, 0.05) is 6.42 Å². The molecule has 3 heteroatoms. The average Bonchev–Trinajstić information content (AvgIpc) is 2.21. The summed E-state index contributed by atoms with van der Waals surface area (Å²) in [5.41, 5.74) is 2.55. The molecular formula is C12H17BO2. The highest BCUT2D eigenvalue weighted by Crippen LogP contribution is 2.04. The quantitative estimate of drug-likeness (QED) is 0.524. The van der Waals surface area contributed by atoms with Crippen molar-refractivity contribution < 1.29 is 9.53 Å². The third-order valence-corrected chi connectivity index (χ3v) is 2.27. The van der Waals surface area contributed by atoms with Gasteiger partial charge in [-0.2, -0.15) is 0 Å². The van der Waals surface area contributed by atoms with Crippen LogP contribution in [0.25, 0.3) is 0 Å². The zero-order chi connectivity index (χ0) is 11.1. The van der Waals surface area contributed by atoms with Crippen LogP contribution in [0.2, 0.25) is 0 Å². The maximum absolute atomic E-state index is 11.1. The maximum Gasteiger partial charge on any atom is 0.305 e. The Kier molecular flexibility index (Phi) is 4.95. The molecular weight excluding hydrogens is 187 g/mol. The normalized spacial score (nSPS) is 9.93. The molecule has 0 unspecified atom stereocenters. The van der Waals surface area contributed by atoms with Crippen molar-refractivity contribution in [1.29, 1.82) is 0 Å².